The van der Waals surface area contributed by atoms with Crippen molar-refractivity contribution in [2.24, 2.45) is 11.7 Å². The van der Waals surface area contributed by atoms with Crippen LogP contribution >= 0.6 is 12.4 Å². The maximum absolute atomic E-state index is 12.9. The highest BCUT2D eigenvalue weighted by Gasteiger charge is 2.33. The lowest BCUT2D eigenvalue weighted by Gasteiger charge is -2.42. The number of nitrogens with two attached hydrogens (primary N) is 1. The van der Waals surface area contributed by atoms with E-state index >= 15 is 0 Å². The molecule has 0 spiro atoms. The van der Waals surface area contributed by atoms with Crippen LogP contribution in [0.15, 0.2) is 42.9 Å². The van der Waals surface area contributed by atoms with Gasteiger partial charge in [0.15, 0.2) is 5.65 Å². The molecule has 0 saturated carbocycles. The summed E-state index contributed by atoms with van der Waals surface area (Å²) >= 11 is 0. The van der Waals surface area contributed by atoms with Crippen molar-refractivity contribution in [2.45, 2.75) is 32.2 Å². The molecule has 1 saturated heterocycles. The summed E-state index contributed by atoms with van der Waals surface area (Å²) in [6, 6.07) is 10.6. The first-order valence-corrected chi connectivity index (χ1v) is 12.9. The molecule has 3 aromatic rings. The van der Waals surface area contributed by atoms with E-state index in [0.717, 1.165) is 18.4 Å². The van der Waals surface area contributed by atoms with Gasteiger partial charge in [-0.05, 0) is 49.1 Å². The van der Waals surface area contributed by atoms with Crippen LogP contribution in [0.4, 0.5) is 16.3 Å². The molecule has 1 aromatic carbocycles. The standard InChI is InChI=1S/C27H33N9O3.ClH/c1-18-9-13-35(24(38)8-12-29)16-22(18)34(2)25-21-10-14-36(26(21)32-17-31-25)27(39)30-15-23(37)33-20-5-3-19(4-6-20)7-11-28;/h3-6,10,14,17-18,22H,7-9,11,13,15-16,28H2,1-2H3,(H,30,39)(H,33,37);1H/t18-,22+;/m1./s1. The quantitative estimate of drug-likeness (QED) is 0.373. The minimum absolute atomic E-state index is 0. The minimum Gasteiger partial charge on any atom is -0.354 e. The van der Waals surface area contributed by atoms with Gasteiger partial charge in [0.25, 0.3) is 0 Å². The average Bonchev–Trinajstić information content (AvgIpc) is 3.37. The Hall–Kier alpha value is -4.21. The summed E-state index contributed by atoms with van der Waals surface area (Å²) in [6.45, 7) is 3.57. The van der Waals surface area contributed by atoms with E-state index in [1.165, 1.54) is 10.9 Å². The Morgan fingerprint density at radius 3 is 2.65 bits per heavy atom. The molecule has 4 rings (SSSR count). The zero-order valence-corrected chi connectivity index (χ0v) is 23.4. The third kappa shape index (κ3) is 6.86. The van der Waals surface area contributed by atoms with E-state index < -0.39 is 6.03 Å². The van der Waals surface area contributed by atoms with Crippen LogP contribution in [0, 0.1) is 17.2 Å². The second-order valence-corrected chi connectivity index (χ2v) is 9.68. The minimum atomic E-state index is -0.495. The zero-order valence-electron chi connectivity index (χ0n) is 22.5. The number of likely N-dealkylation sites (tertiary alicyclic amines) is 1. The molecule has 4 N–H and O–H groups in total. The Morgan fingerprint density at radius 1 is 1.20 bits per heavy atom. The van der Waals surface area contributed by atoms with Gasteiger partial charge >= 0.3 is 6.03 Å². The van der Waals surface area contributed by atoms with E-state index in [2.05, 4.69) is 27.5 Å². The largest absolute Gasteiger partial charge is 0.354 e. The molecule has 2 atom stereocenters. The Balaban J connectivity index is 0.00000441. The lowest BCUT2D eigenvalue weighted by Crippen LogP contribution is -2.52. The number of piperidine rings is 1. The molecule has 0 radical (unpaired) electrons. The van der Waals surface area contributed by atoms with E-state index in [9.17, 15) is 14.4 Å². The fourth-order valence-electron chi connectivity index (χ4n) is 4.87. The molecule has 0 bridgehead atoms. The van der Waals surface area contributed by atoms with E-state index in [1.54, 1.807) is 29.3 Å². The topological polar surface area (TPSA) is 162 Å². The van der Waals surface area contributed by atoms with Crippen molar-refractivity contribution < 1.29 is 14.4 Å². The van der Waals surface area contributed by atoms with E-state index in [-0.39, 0.29) is 49.1 Å². The van der Waals surface area contributed by atoms with Crippen LogP contribution < -0.4 is 21.3 Å². The number of amides is 3. The fourth-order valence-corrected chi connectivity index (χ4v) is 4.87. The monoisotopic (exact) mass is 567 g/mol. The summed E-state index contributed by atoms with van der Waals surface area (Å²) in [6.07, 6.45) is 4.41. The highest BCUT2D eigenvalue weighted by atomic mass is 35.5. The van der Waals surface area contributed by atoms with Gasteiger partial charge in [-0.2, -0.15) is 5.26 Å². The molecule has 212 valence electrons. The van der Waals surface area contributed by atoms with E-state index in [4.69, 9.17) is 11.0 Å². The van der Waals surface area contributed by atoms with Crippen LogP contribution in [0.3, 0.4) is 0 Å². The van der Waals surface area contributed by atoms with Gasteiger partial charge in [-0.1, -0.05) is 19.1 Å². The van der Waals surface area contributed by atoms with Crippen LogP contribution in [0.5, 0.6) is 0 Å². The first kappa shape index (κ1) is 30.3. The molecule has 3 amide bonds. The van der Waals surface area contributed by atoms with Gasteiger partial charge in [-0.15, -0.1) is 12.4 Å². The molecule has 0 aliphatic carbocycles. The second kappa shape index (κ2) is 13.7. The van der Waals surface area contributed by atoms with Gasteiger partial charge in [-0.3, -0.25) is 14.2 Å². The summed E-state index contributed by atoms with van der Waals surface area (Å²) in [7, 11) is 1.91. The van der Waals surface area contributed by atoms with Crippen LogP contribution in [0.1, 0.15) is 25.3 Å². The Labute approximate surface area is 238 Å². The van der Waals surface area contributed by atoms with Gasteiger partial charge in [0.1, 0.15) is 18.6 Å². The maximum Gasteiger partial charge on any atom is 0.327 e. The third-order valence-corrected chi connectivity index (χ3v) is 7.08. The number of benzene rings is 1. The highest BCUT2D eigenvalue weighted by Crippen LogP contribution is 2.29. The predicted octanol–water partition coefficient (Wildman–Crippen LogP) is 2.14. The average molecular weight is 568 g/mol. The van der Waals surface area contributed by atoms with Gasteiger partial charge < -0.3 is 26.2 Å². The lowest BCUT2D eigenvalue weighted by atomic mass is 9.92. The molecule has 0 unspecified atom stereocenters. The Morgan fingerprint density at radius 2 is 1.95 bits per heavy atom. The van der Waals surface area contributed by atoms with Crippen molar-refractivity contribution in [3.8, 4) is 6.07 Å². The van der Waals surface area contributed by atoms with Gasteiger partial charge in [0, 0.05) is 32.0 Å². The Bertz CT molecular complexity index is 1390. The zero-order chi connectivity index (χ0) is 27.9. The number of hydrogen-bond acceptors (Lipinski definition) is 8. The summed E-state index contributed by atoms with van der Waals surface area (Å²) in [4.78, 5) is 50.2. The number of carbonyl (C=O) groups excluding carboxylic acids is 3. The molecule has 1 aliphatic rings. The molecule has 1 fully saturated rings. The van der Waals surface area contributed by atoms with Crippen LogP contribution in [0.25, 0.3) is 11.0 Å². The molecule has 1 aliphatic heterocycles. The molecule has 40 heavy (non-hydrogen) atoms. The van der Waals surface area contributed by atoms with Crippen molar-refractivity contribution >= 4 is 52.8 Å². The van der Waals surface area contributed by atoms with E-state index in [1.807, 2.05) is 30.1 Å². The van der Waals surface area contributed by atoms with Crippen molar-refractivity contribution in [3.63, 3.8) is 0 Å². The molecular formula is C27H34ClN9O3. The van der Waals surface area contributed by atoms with Gasteiger partial charge in [0.2, 0.25) is 11.8 Å². The number of aromatic nitrogens is 3. The second-order valence-electron chi connectivity index (χ2n) is 9.68. The van der Waals surface area contributed by atoms with Crippen LogP contribution in [0.2, 0.25) is 0 Å². The lowest BCUT2D eigenvalue weighted by molar-refractivity contribution is -0.131. The Kier molecular flexibility index (Phi) is 10.4. The van der Waals surface area contributed by atoms with Gasteiger partial charge in [0.05, 0.1) is 24.0 Å². The number of rotatable bonds is 8. The number of nitrogens with one attached hydrogen (secondary N) is 2. The molecule has 13 heteroatoms. The third-order valence-electron chi connectivity index (χ3n) is 7.08. The van der Waals surface area contributed by atoms with Crippen LogP contribution in [-0.4, -0.2) is 76.5 Å². The summed E-state index contributed by atoms with van der Waals surface area (Å²) < 4.78 is 1.34. The molecular weight excluding hydrogens is 534 g/mol. The summed E-state index contributed by atoms with van der Waals surface area (Å²) in [5.41, 5.74) is 7.68. The number of fused-ring (bicyclic) bond motifs is 1. The predicted molar refractivity (Wildman–Crippen MR) is 154 cm³/mol. The van der Waals surface area contributed by atoms with Crippen molar-refractivity contribution in [2.75, 3.05) is 43.4 Å². The van der Waals surface area contributed by atoms with Crippen molar-refractivity contribution in [3.05, 3.63) is 48.4 Å². The molecule has 12 nitrogen and oxygen atoms in total. The first-order valence-electron chi connectivity index (χ1n) is 12.9. The SMILES string of the molecule is C[C@@H]1CCN(C(=O)CC#N)C[C@@H]1N(C)c1ncnc2c1ccn2C(=O)NCC(=O)Nc1ccc(CCN)cc1.Cl. The number of anilines is 2. The normalized spacial score (nSPS) is 16.5. The smallest absolute Gasteiger partial charge is 0.327 e. The molecule has 3 heterocycles. The number of halogens is 1. The number of nitriles is 1. The number of likely N-dealkylation sites (N-methyl/N-ethyl adjacent to an activating group) is 1. The fraction of sp³-hybridized carbons (Fsp3) is 0.407. The number of carbonyl (C=O) groups is 3. The maximum atomic E-state index is 12.9. The van der Waals surface area contributed by atoms with Gasteiger partial charge in [-0.25, -0.2) is 14.8 Å². The van der Waals surface area contributed by atoms with Crippen molar-refractivity contribution in [1.82, 2.24) is 24.8 Å². The van der Waals surface area contributed by atoms with Crippen LogP contribution in [-0.2, 0) is 16.0 Å². The van der Waals surface area contributed by atoms with E-state index in [0.29, 0.717) is 42.2 Å². The molecule has 2 aromatic heterocycles. The number of hydrogen-bond donors (Lipinski definition) is 3. The number of nitrogens with zero attached hydrogens (tertiary/aromatic N) is 6. The first-order chi connectivity index (χ1) is 18.8. The highest BCUT2D eigenvalue weighted by molar-refractivity contribution is 5.98. The summed E-state index contributed by atoms with van der Waals surface area (Å²) in [5, 5.41) is 15.0. The van der Waals surface area contributed by atoms with Crippen molar-refractivity contribution in [1.29, 1.82) is 5.26 Å². The summed E-state index contributed by atoms with van der Waals surface area (Å²) in [5.74, 6) is 0.384.